The molecular weight excluding hydrogens is 390 g/mol. The van der Waals surface area contributed by atoms with Gasteiger partial charge in [-0.3, -0.25) is 0 Å². The van der Waals surface area contributed by atoms with E-state index < -0.39 is 10.0 Å². The van der Waals surface area contributed by atoms with Crippen molar-refractivity contribution in [1.29, 1.82) is 0 Å². The molecule has 0 fully saturated rings. The molecule has 1 heterocycles. The molecule has 0 spiro atoms. The van der Waals surface area contributed by atoms with Gasteiger partial charge in [0.05, 0.1) is 4.34 Å². The molecule has 0 saturated heterocycles. The van der Waals surface area contributed by atoms with E-state index in [1.165, 1.54) is 6.07 Å². The first-order chi connectivity index (χ1) is 12.3. The first-order valence-corrected chi connectivity index (χ1v) is 11.2. The summed E-state index contributed by atoms with van der Waals surface area (Å²) >= 11 is 6.91. The van der Waals surface area contributed by atoms with Crippen molar-refractivity contribution >= 4 is 38.7 Å². The summed E-state index contributed by atoms with van der Waals surface area (Å²) in [7, 11) is -3.60. The van der Waals surface area contributed by atoms with Crippen LogP contribution in [0.2, 0.25) is 4.34 Å². The third-order valence-corrected chi connectivity index (χ3v) is 7.55. The number of aliphatic hydroxyl groups is 1. The molecule has 1 aromatic heterocycles. The van der Waals surface area contributed by atoms with Crippen molar-refractivity contribution in [2.24, 2.45) is 5.92 Å². The highest BCUT2D eigenvalue weighted by Crippen LogP contribution is 2.27. The van der Waals surface area contributed by atoms with E-state index in [4.69, 9.17) is 11.6 Å². The zero-order valence-electron chi connectivity index (χ0n) is 14.9. The zero-order valence-corrected chi connectivity index (χ0v) is 17.2. The zero-order chi connectivity index (χ0) is 19.2. The largest absolute Gasteiger partial charge is 0.508 e. The van der Waals surface area contributed by atoms with Crippen molar-refractivity contribution in [3.63, 3.8) is 0 Å². The Hall–Kier alpha value is -1.34. The van der Waals surface area contributed by atoms with Crippen molar-refractivity contribution in [2.75, 3.05) is 0 Å². The standard InChI is InChI=1S/C19H24ClNO3S2/c1-3-14(2)16(21-26(23,24)19-13-12-18(20)25-19)10-7-11-17(22)15-8-5-4-6-9-15/h4-6,8-9,11-14,16,21-22H,3,7,10H2,1-2H3/b17-11-/t14-,16-/m0/s1. The number of halogens is 1. The predicted molar refractivity (Wildman–Crippen MR) is 109 cm³/mol. The molecule has 4 nitrogen and oxygen atoms in total. The van der Waals surface area contributed by atoms with Gasteiger partial charge in [0.2, 0.25) is 10.0 Å². The molecule has 2 rings (SSSR count). The second-order valence-corrected chi connectivity index (χ2v) is 9.86. The van der Waals surface area contributed by atoms with Crippen LogP contribution in [-0.4, -0.2) is 19.6 Å². The van der Waals surface area contributed by atoms with Crippen LogP contribution in [0.1, 0.15) is 38.7 Å². The minimum absolute atomic E-state index is 0.174. The van der Waals surface area contributed by atoms with Crippen molar-refractivity contribution in [3.8, 4) is 0 Å². The highest BCUT2D eigenvalue weighted by Gasteiger charge is 2.24. The van der Waals surface area contributed by atoms with Gasteiger partial charge in [0.25, 0.3) is 0 Å². The van der Waals surface area contributed by atoms with Gasteiger partial charge in [-0.05, 0) is 37.0 Å². The summed E-state index contributed by atoms with van der Waals surface area (Å²) in [5, 5.41) is 10.2. The van der Waals surface area contributed by atoms with E-state index in [9.17, 15) is 13.5 Å². The van der Waals surface area contributed by atoms with Gasteiger partial charge >= 0.3 is 0 Å². The number of aliphatic hydroxyl groups excluding tert-OH is 1. The number of hydrogen-bond acceptors (Lipinski definition) is 4. The van der Waals surface area contributed by atoms with Gasteiger partial charge in [-0.2, -0.15) is 0 Å². The summed E-state index contributed by atoms with van der Waals surface area (Å²) in [5.41, 5.74) is 0.751. The fourth-order valence-corrected chi connectivity index (χ4v) is 5.45. The molecule has 0 amide bonds. The molecule has 2 N–H and O–H groups in total. The number of benzene rings is 1. The number of allylic oxidation sites excluding steroid dienone is 1. The van der Waals surface area contributed by atoms with Crippen molar-refractivity contribution in [1.82, 2.24) is 4.72 Å². The van der Waals surface area contributed by atoms with Gasteiger partial charge in [-0.1, -0.05) is 62.2 Å². The third kappa shape index (κ3) is 5.84. The van der Waals surface area contributed by atoms with Crippen LogP contribution in [0.15, 0.2) is 52.7 Å². The number of rotatable bonds is 9. The van der Waals surface area contributed by atoms with E-state index >= 15 is 0 Å². The molecule has 1 aromatic carbocycles. The van der Waals surface area contributed by atoms with Crippen molar-refractivity contribution < 1.29 is 13.5 Å². The van der Waals surface area contributed by atoms with E-state index in [1.807, 2.05) is 44.2 Å². The fraction of sp³-hybridized carbons (Fsp3) is 0.368. The summed E-state index contributed by atoms with van der Waals surface area (Å²) in [6, 6.07) is 12.2. The van der Waals surface area contributed by atoms with Gasteiger partial charge in [0.1, 0.15) is 9.97 Å². The van der Waals surface area contributed by atoms with Crippen molar-refractivity contribution in [2.45, 2.75) is 43.4 Å². The molecule has 0 radical (unpaired) electrons. The van der Waals surface area contributed by atoms with Gasteiger partial charge in [0, 0.05) is 11.6 Å². The van der Waals surface area contributed by atoms with Crippen LogP contribution in [0.25, 0.3) is 5.76 Å². The van der Waals surface area contributed by atoms with Crippen LogP contribution in [0.4, 0.5) is 0 Å². The van der Waals surface area contributed by atoms with Crippen LogP contribution in [0.5, 0.6) is 0 Å². The second kappa shape index (κ2) is 9.55. The lowest BCUT2D eigenvalue weighted by Gasteiger charge is -2.23. The predicted octanol–water partition coefficient (Wildman–Crippen LogP) is 5.47. The van der Waals surface area contributed by atoms with E-state index in [0.717, 1.165) is 23.3 Å². The Balaban J connectivity index is 2.06. The highest BCUT2D eigenvalue weighted by atomic mass is 35.5. The first-order valence-electron chi connectivity index (χ1n) is 8.55. The molecule has 0 aliphatic heterocycles. The Morgan fingerprint density at radius 3 is 2.54 bits per heavy atom. The minimum Gasteiger partial charge on any atom is -0.508 e. The van der Waals surface area contributed by atoms with Crippen LogP contribution >= 0.6 is 22.9 Å². The second-order valence-electron chi connectivity index (χ2n) is 6.20. The molecule has 26 heavy (non-hydrogen) atoms. The Morgan fingerprint density at radius 2 is 1.96 bits per heavy atom. The highest BCUT2D eigenvalue weighted by molar-refractivity contribution is 7.91. The molecule has 0 aliphatic carbocycles. The maximum atomic E-state index is 12.6. The Kier molecular flexibility index (Phi) is 7.70. The van der Waals surface area contributed by atoms with E-state index in [2.05, 4.69) is 4.72 Å². The molecule has 0 unspecified atom stereocenters. The molecule has 0 bridgehead atoms. The monoisotopic (exact) mass is 413 g/mol. The summed E-state index contributed by atoms with van der Waals surface area (Å²) in [6.07, 6.45) is 3.77. The third-order valence-electron chi connectivity index (χ3n) is 4.34. The maximum Gasteiger partial charge on any atom is 0.250 e. The fourth-order valence-electron chi connectivity index (χ4n) is 2.57. The summed E-state index contributed by atoms with van der Waals surface area (Å²) < 4.78 is 28.6. The lowest BCUT2D eigenvalue weighted by molar-refractivity contribution is 0.390. The quantitative estimate of drug-likeness (QED) is 0.535. The number of sulfonamides is 1. The molecule has 0 saturated carbocycles. The van der Waals surface area contributed by atoms with Crippen LogP contribution in [0, 0.1) is 5.92 Å². The topological polar surface area (TPSA) is 66.4 Å². The first kappa shape index (κ1) is 21.0. The summed E-state index contributed by atoms with van der Waals surface area (Å²) in [5.74, 6) is 0.383. The van der Waals surface area contributed by atoms with E-state index in [1.54, 1.807) is 12.1 Å². The average Bonchev–Trinajstić information content (AvgIpc) is 3.08. The van der Waals surface area contributed by atoms with Gasteiger partial charge < -0.3 is 5.11 Å². The maximum absolute atomic E-state index is 12.6. The minimum atomic E-state index is -3.60. The van der Waals surface area contributed by atoms with Gasteiger partial charge in [0.15, 0.2) is 0 Å². The molecule has 2 aromatic rings. The lowest BCUT2D eigenvalue weighted by atomic mass is 9.96. The number of hydrogen-bond donors (Lipinski definition) is 2. The van der Waals surface area contributed by atoms with Crippen LogP contribution in [0.3, 0.4) is 0 Å². The SMILES string of the molecule is CC[C@H](C)[C@H](CC/C=C(\O)c1ccccc1)NS(=O)(=O)c1ccc(Cl)s1. The average molecular weight is 414 g/mol. The lowest BCUT2D eigenvalue weighted by Crippen LogP contribution is -2.38. The van der Waals surface area contributed by atoms with Crippen molar-refractivity contribution in [3.05, 3.63) is 58.4 Å². The Bertz CT molecular complexity index is 831. The van der Waals surface area contributed by atoms with E-state index in [-0.39, 0.29) is 21.9 Å². The Morgan fingerprint density at radius 1 is 1.27 bits per heavy atom. The van der Waals surface area contributed by atoms with E-state index in [0.29, 0.717) is 17.2 Å². The van der Waals surface area contributed by atoms with Gasteiger partial charge in [-0.25, -0.2) is 13.1 Å². The molecular formula is C19H24ClNO3S2. The van der Waals surface area contributed by atoms with Gasteiger partial charge in [-0.15, -0.1) is 11.3 Å². The number of nitrogens with one attached hydrogen (secondary N) is 1. The molecule has 142 valence electrons. The van der Waals surface area contributed by atoms with Crippen LogP contribution < -0.4 is 4.72 Å². The molecule has 2 atom stereocenters. The molecule has 7 heteroatoms. The summed E-state index contributed by atoms with van der Waals surface area (Å²) in [6.45, 7) is 4.06. The Labute approximate surface area is 164 Å². The molecule has 0 aliphatic rings. The van der Waals surface area contributed by atoms with Crippen LogP contribution in [-0.2, 0) is 10.0 Å². The summed E-state index contributed by atoms with van der Waals surface area (Å²) in [4.78, 5) is 0. The normalized spacial score (nSPS) is 15.0. The smallest absolute Gasteiger partial charge is 0.250 e. The number of thiophene rings is 1.